The summed E-state index contributed by atoms with van der Waals surface area (Å²) in [5, 5.41) is 2.52. The van der Waals surface area contributed by atoms with Crippen LogP contribution in [0.1, 0.15) is 15.9 Å². The maximum absolute atomic E-state index is 13.4. The van der Waals surface area contributed by atoms with Gasteiger partial charge in [-0.2, -0.15) is 0 Å². The first-order valence-corrected chi connectivity index (χ1v) is 5.74. The zero-order valence-corrected chi connectivity index (χ0v) is 10.3. The molecule has 0 aliphatic rings. The first kappa shape index (κ1) is 13.9. The molecule has 0 unspecified atom stereocenters. The highest BCUT2D eigenvalue weighted by molar-refractivity contribution is 5.92. The summed E-state index contributed by atoms with van der Waals surface area (Å²) in [5.41, 5.74) is 5.62. The lowest BCUT2D eigenvalue weighted by molar-refractivity contribution is 0.1000. The number of carbonyl (C=O) groups is 1. The van der Waals surface area contributed by atoms with Gasteiger partial charge in [-0.1, -0.05) is 12.1 Å². The minimum atomic E-state index is -1.02. The van der Waals surface area contributed by atoms with E-state index in [1.54, 1.807) is 12.1 Å². The molecule has 0 heterocycles. The summed E-state index contributed by atoms with van der Waals surface area (Å²) >= 11 is 0. The van der Waals surface area contributed by atoms with Crippen LogP contribution in [0, 0.1) is 17.5 Å². The monoisotopic (exact) mass is 280 g/mol. The molecular weight excluding hydrogens is 269 g/mol. The molecule has 0 bridgehead atoms. The molecule has 6 heteroatoms. The molecule has 0 aromatic heterocycles. The molecule has 0 spiro atoms. The average Bonchev–Trinajstić information content (AvgIpc) is 2.37. The minimum absolute atomic E-state index is 0.0700. The van der Waals surface area contributed by atoms with E-state index >= 15 is 0 Å². The standard InChI is InChI=1S/C14H11F3N2O/c15-10-5-11(16)13(12(17)6-10)19-7-8-2-1-3-9(4-8)14(18)20/h1-6,19H,7H2,(H2,18,20). The summed E-state index contributed by atoms with van der Waals surface area (Å²) in [5.74, 6) is -3.62. The number of nitrogens with two attached hydrogens (primary N) is 1. The maximum atomic E-state index is 13.4. The lowest BCUT2D eigenvalue weighted by Crippen LogP contribution is -2.12. The van der Waals surface area contributed by atoms with Gasteiger partial charge in [-0.05, 0) is 17.7 Å². The molecule has 0 aliphatic heterocycles. The summed E-state index contributed by atoms with van der Waals surface area (Å²) in [4.78, 5) is 11.0. The third kappa shape index (κ3) is 3.09. The average molecular weight is 280 g/mol. The highest BCUT2D eigenvalue weighted by atomic mass is 19.1. The van der Waals surface area contributed by atoms with Crippen LogP contribution < -0.4 is 11.1 Å². The van der Waals surface area contributed by atoms with Gasteiger partial charge in [-0.15, -0.1) is 0 Å². The van der Waals surface area contributed by atoms with Crippen molar-refractivity contribution in [3.05, 3.63) is 65.0 Å². The van der Waals surface area contributed by atoms with Crippen molar-refractivity contribution >= 4 is 11.6 Å². The van der Waals surface area contributed by atoms with Crippen LogP contribution >= 0.6 is 0 Å². The predicted molar refractivity (Wildman–Crippen MR) is 68.6 cm³/mol. The number of carbonyl (C=O) groups excluding carboxylic acids is 1. The summed E-state index contributed by atoms with van der Waals surface area (Å²) in [6.07, 6.45) is 0. The van der Waals surface area contributed by atoms with E-state index in [9.17, 15) is 18.0 Å². The molecule has 104 valence electrons. The summed E-state index contributed by atoms with van der Waals surface area (Å²) in [6.45, 7) is 0.0700. The Morgan fingerprint density at radius 3 is 2.35 bits per heavy atom. The lowest BCUT2D eigenvalue weighted by Gasteiger charge is -2.09. The highest BCUT2D eigenvalue weighted by Crippen LogP contribution is 2.21. The minimum Gasteiger partial charge on any atom is -0.376 e. The van der Waals surface area contributed by atoms with Crippen molar-refractivity contribution in [2.24, 2.45) is 5.73 Å². The Balaban J connectivity index is 2.17. The Labute approximate surface area is 113 Å². The van der Waals surface area contributed by atoms with Crippen molar-refractivity contribution < 1.29 is 18.0 Å². The van der Waals surface area contributed by atoms with Gasteiger partial charge < -0.3 is 11.1 Å². The number of hydrogen-bond acceptors (Lipinski definition) is 2. The first-order chi connectivity index (χ1) is 9.47. The normalized spacial score (nSPS) is 10.3. The highest BCUT2D eigenvalue weighted by Gasteiger charge is 2.11. The van der Waals surface area contributed by atoms with Crippen molar-refractivity contribution in [2.75, 3.05) is 5.32 Å². The third-order valence-electron chi connectivity index (χ3n) is 2.69. The zero-order chi connectivity index (χ0) is 14.7. The molecule has 3 N–H and O–H groups in total. The number of primary amides is 1. The van der Waals surface area contributed by atoms with Crippen molar-refractivity contribution in [1.29, 1.82) is 0 Å². The number of anilines is 1. The maximum Gasteiger partial charge on any atom is 0.248 e. The van der Waals surface area contributed by atoms with Gasteiger partial charge in [0, 0.05) is 24.2 Å². The van der Waals surface area contributed by atoms with E-state index in [-0.39, 0.29) is 6.54 Å². The summed E-state index contributed by atoms with van der Waals surface area (Å²) in [6, 6.07) is 7.49. The van der Waals surface area contributed by atoms with Crippen LogP contribution in [-0.2, 0) is 6.54 Å². The van der Waals surface area contributed by atoms with Crippen LogP contribution in [0.2, 0.25) is 0 Å². The molecule has 1 amide bonds. The molecule has 0 saturated carbocycles. The van der Waals surface area contributed by atoms with Crippen LogP contribution in [0.5, 0.6) is 0 Å². The Bertz CT molecular complexity index is 636. The van der Waals surface area contributed by atoms with Crippen molar-refractivity contribution in [2.45, 2.75) is 6.54 Å². The fourth-order valence-corrected chi connectivity index (χ4v) is 1.74. The SMILES string of the molecule is NC(=O)c1cccc(CNc2c(F)cc(F)cc2F)c1. The topological polar surface area (TPSA) is 55.1 Å². The van der Waals surface area contributed by atoms with E-state index in [0.29, 0.717) is 23.3 Å². The lowest BCUT2D eigenvalue weighted by atomic mass is 10.1. The van der Waals surface area contributed by atoms with Crippen molar-refractivity contribution in [3.8, 4) is 0 Å². The van der Waals surface area contributed by atoms with Crippen LogP contribution in [0.15, 0.2) is 36.4 Å². The Morgan fingerprint density at radius 1 is 1.10 bits per heavy atom. The molecule has 3 nitrogen and oxygen atoms in total. The third-order valence-corrected chi connectivity index (χ3v) is 2.69. The molecule has 0 radical (unpaired) electrons. The van der Waals surface area contributed by atoms with Crippen molar-refractivity contribution in [3.63, 3.8) is 0 Å². The second-order valence-corrected chi connectivity index (χ2v) is 4.16. The van der Waals surface area contributed by atoms with Crippen LogP contribution in [0.3, 0.4) is 0 Å². The molecule has 0 atom stereocenters. The van der Waals surface area contributed by atoms with Crippen LogP contribution in [0.4, 0.5) is 18.9 Å². The van der Waals surface area contributed by atoms with E-state index in [0.717, 1.165) is 0 Å². The van der Waals surface area contributed by atoms with Crippen molar-refractivity contribution in [1.82, 2.24) is 0 Å². The largest absolute Gasteiger partial charge is 0.376 e. The van der Waals surface area contributed by atoms with E-state index in [4.69, 9.17) is 5.73 Å². The number of halogens is 3. The Hall–Kier alpha value is -2.50. The quantitative estimate of drug-likeness (QED) is 0.904. The second-order valence-electron chi connectivity index (χ2n) is 4.16. The fourth-order valence-electron chi connectivity index (χ4n) is 1.74. The van der Waals surface area contributed by atoms with Gasteiger partial charge in [0.1, 0.15) is 11.5 Å². The van der Waals surface area contributed by atoms with Gasteiger partial charge in [-0.25, -0.2) is 13.2 Å². The molecule has 2 rings (SSSR count). The van der Waals surface area contributed by atoms with Gasteiger partial charge in [0.25, 0.3) is 0 Å². The number of hydrogen-bond donors (Lipinski definition) is 2. The Morgan fingerprint density at radius 2 is 1.75 bits per heavy atom. The first-order valence-electron chi connectivity index (χ1n) is 5.74. The van der Waals surface area contributed by atoms with Gasteiger partial charge in [0.05, 0.1) is 0 Å². The van der Waals surface area contributed by atoms with Gasteiger partial charge in [0.2, 0.25) is 5.91 Å². The van der Waals surface area contributed by atoms with E-state index in [2.05, 4.69) is 5.32 Å². The van der Waals surface area contributed by atoms with E-state index in [1.165, 1.54) is 12.1 Å². The number of rotatable bonds is 4. The van der Waals surface area contributed by atoms with E-state index < -0.39 is 29.0 Å². The van der Waals surface area contributed by atoms with Crippen LogP contribution in [0.25, 0.3) is 0 Å². The molecule has 0 fully saturated rings. The predicted octanol–water partition coefficient (Wildman–Crippen LogP) is 2.81. The van der Waals surface area contributed by atoms with Gasteiger partial charge in [-0.3, -0.25) is 4.79 Å². The smallest absolute Gasteiger partial charge is 0.248 e. The van der Waals surface area contributed by atoms with Crippen LogP contribution in [-0.4, -0.2) is 5.91 Å². The molecule has 2 aromatic rings. The molecule has 0 aliphatic carbocycles. The number of nitrogens with one attached hydrogen (secondary N) is 1. The van der Waals surface area contributed by atoms with Gasteiger partial charge in [0.15, 0.2) is 11.6 Å². The summed E-state index contributed by atoms with van der Waals surface area (Å²) < 4.78 is 39.6. The summed E-state index contributed by atoms with van der Waals surface area (Å²) in [7, 11) is 0. The zero-order valence-electron chi connectivity index (χ0n) is 10.3. The van der Waals surface area contributed by atoms with E-state index in [1.807, 2.05) is 0 Å². The molecular formula is C14H11F3N2O. The second kappa shape index (κ2) is 5.64. The molecule has 2 aromatic carbocycles. The fraction of sp³-hybridized carbons (Fsp3) is 0.0714. The van der Waals surface area contributed by atoms with Gasteiger partial charge >= 0.3 is 0 Å². The molecule has 0 saturated heterocycles. The number of benzene rings is 2. The molecule has 20 heavy (non-hydrogen) atoms. The Kier molecular flexibility index (Phi) is 3.93. The number of amides is 1.